The van der Waals surface area contributed by atoms with Gasteiger partial charge in [0.1, 0.15) is 67.1 Å². The van der Waals surface area contributed by atoms with Gasteiger partial charge in [-0.15, -0.1) is 0 Å². The van der Waals surface area contributed by atoms with E-state index in [1.807, 2.05) is 0 Å². The van der Waals surface area contributed by atoms with Crippen LogP contribution in [0.5, 0.6) is 0 Å². The zero-order valence-electron chi connectivity index (χ0n) is 22.4. The van der Waals surface area contributed by atoms with Gasteiger partial charge >= 0.3 is 0 Å². The quantitative estimate of drug-likeness (QED) is 0.123. The summed E-state index contributed by atoms with van der Waals surface area (Å²) in [5.41, 5.74) is 23.8. The average Bonchev–Trinajstić information content (AvgIpc) is 3.24. The first-order valence-electron chi connectivity index (χ1n) is 13.6. The van der Waals surface area contributed by atoms with Crippen molar-refractivity contribution in [3.63, 3.8) is 0 Å². The van der Waals surface area contributed by atoms with E-state index in [9.17, 15) is 40.9 Å². The number of aliphatic hydroxyl groups is 8. The molecule has 4 aliphatic rings. The van der Waals surface area contributed by atoms with E-state index in [0.29, 0.717) is 0 Å². The molecular weight excluding hydrogens is 556 g/mol. The molecule has 3 aliphatic heterocycles. The van der Waals surface area contributed by atoms with Crippen molar-refractivity contribution in [3.8, 4) is 0 Å². The smallest absolute Gasteiger partial charge is 0.187 e. The van der Waals surface area contributed by atoms with Gasteiger partial charge in [-0.25, -0.2) is 0 Å². The second-order valence-electron chi connectivity index (χ2n) is 11.1. The first-order valence-corrected chi connectivity index (χ1v) is 13.6. The molecule has 0 bridgehead atoms. The fourth-order valence-electron chi connectivity index (χ4n) is 5.58. The van der Waals surface area contributed by atoms with Crippen LogP contribution in [0.25, 0.3) is 0 Å². The van der Waals surface area contributed by atoms with Gasteiger partial charge in [0.25, 0.3) is 0 Å². The van der Waals surface area contributed by atoms with Crippen LogP contribution in [-0.2, 0) is 28.4 Å². The molecule has 0 radical (unpaired) electrons. The molecule has 19 atom stereocenters. The monoisotopic (exact) mass is 600 g/mol. The van der Waals surface area contributed by atoms with Crippen LogP contribution in [0, 0.1) is 0 Å². The Labute approximate surface area is 235 Å². The van der Waals surface area contributed by atoms with Gasteiger partial charge in [0.2, 0.25) is 0 Å². The Kier molecular flexibility index (Phi) is 10.9. The number of hydrogen-bond donors (Lipinski definition) is 12. The largest absolute Gasteiger partial charge is 0.394 e. The van der Waals surface area contributed by atoms with E-state index in [-0.39, 0.29) is 13.0 Å². The molecule has 4 fully saturated rings. The summed E-state index contributed by atoms with van der Waals surface area (Å²) in [6.07, 6.45) is -21.5. The molecule has 18 nitrogen and oxygen atoms in total. The van der Waals surface area contributed by atoms with Gasteiger partial charge < -0.3 is 92.2 Å². The maximum atomic E-state index is 11.1. The van der Waals surface area contributed by atoms with Gasteiger partial charge in [-0.3, -0.25) is 0 Å². The SMILES string of the molecule is C[C@H]1O[C@H](O[C@H]2[C@H](O[C@@H]3O[C@H](CO)[C@@H](O[C@@H]4O[C@H](CN)[C@H](O)[C@@H](O)[C@@H]4N)[C@H]3O)[C@@H](O)[C@H](O)C[C@@H]2N)[C@H](N)[C@@H](O)[C@@H]1O. The van der Waals surface area contributed by atoms with Crippen molar-refractivity contribution in [1.29, 1.82) is 0 Å². The normalized spacial score (nSPS) is 54.8. The molecule has 4 rings (SSSR count). The first kappa shape index (κ1) is 33.2. The van der Waals surface area contributed by atoms with Crippen molar-refractivity contribution in [2.24, 2.45) is 22.9 Å². The number of hydrogen-bond acceptors (Lipinski definition) is 18. The van der Waals surface area contributed by atoms with Crippen LogP contribution in [0.4, 0.5) is 0 Å². The highest BCUT2D eigenvalue weighted by molar-refractivity contribution is 5.01. The molecule has 1 saturated carbocycles. The molecule has 0 aromatic carbocycles. The molecule has 3 heterocycles. The summed E-state index contributed by atoms with van der Waals surface area (Å²) in [6.45, 7) is 0.669. The number of rotatable bonds is 8. The lowest BCUT2D eigenvalue weighted by molar-refractivity contribution is -0.311. The third-order valence-electron chi connectivity index (χ3n) is 8.20. The minimum absolute atomic E-state index is 0.110. The fraction of sp³-hybridized carbons (Fsp3) is 1.00. The number of aliphatic hydroxyl groups excluding tert-OH is 8. The number of nitrogens with two attached hydrogens (primary N) is 4. The zero-order valence-corrected chi connectivity index (χ0v) is 22.4. The average molecular weight is 601 g/mol. The van der Waals surface area contributed by atoms with Gasteiger partial charge in [-0.05, 0) is 13.3 Å². The Hall–Kier alpha value is -0.720. The van der Waals surface area contributed by atoms with E-state index in [0.717, 1.165) is 0 Å². The summed E-state index contributed by atoms with van der Waals surface area (Å²) in [5.74, 6) is 0. The third-order valence-corrected chi connectivity index (χ3v) is 8.20. The van der Waals surface area contributed by atoms with Crippen LogP contribution in [0.2, 0.25) is 0 Å². The lowest BCUT2D eigenvalue weighted by Gasteiger charge is -2.46. The Morgan fingerprint density at radius 1 is 0.634 bits per heavy atom. The van der Waals surface area contributed by atoms with Gasteiger partial charge in [0.05, 0.1) is 30.9 Å². The second-order valence-corrected chi connectivity index (χ2v) is 11.1. The van der Waals surface area contributed by atoms with Crippen molar-refractivity contribution in [1.82, 2.24) is 0 Å². The molecule has 0 unspecified atom stereocenters. The molecule has 240 valence electrons. The third kappa shape index (κ3) is 6.55. The highest BCUT2D eigenvalue weighted by Crippen LogP contribution is 2.34. The van der Waals surface area contributed by atoms with Gasteiger partial charge in [0, 0.05) is 12.6 Å². The first-order chi connectivity index (χ1) is 19.3. The predicted molar refractivity (Wildman–Crippen MR) is 133 cm³/mol. The standard InChI is InChI=1S/C23H44N4O14/c1-5-12(30)15(33)10(26)21(36-5)39-18-6(25)2-7(29)13(31)20(18)41-23-17(35)19(9(4-28)38-23)40-22-11(27)16(34)14(32)8(3-24)37-22/h5-23,28-35H,2-4,24-27H2,1H3/t5-,6+,7-,8-,9-,10-,11+,12-,13+,14+,15-,16+,17-,18-,19-,20-,21-,22+,23+/m1/s1. The lowest BCUT2D eigenvalue weighted by atomic mass is 9.85. The summed E-state index contributed by atoms with van der Waals surface area (Å²) < 4.78 is 34.4. The van der Waals surface area contributed by atoms with Crippen LogP contribution in [0.15, 0.2) is 0 Å². The van der Waals surface area contributed by atoms with Crippen LogP contribution >= 0.6 is 0 Å². The Morgan fingerprint density at radius 3 is 1.78 bits per heavy atom. The Bertz CT molecular complexity index is 850. The van der Waals surface area contributed by atoms with Crippen molar-refractivity contribution in [2.45, 2.75) is 130 Å². The molecule has 16 N–H and O–H groups in total. The summed E-state index contributed by atoms with van der Waals surface area (Å²) in [5, 5.41) is 82.9. The van der Waals surface area contributed by atoms with Crippen LogP contribution in [0.3, 0.4) is 0 Å². The van der Waals surface area contributed by atoms with Crippen molar-refractivity contribution >= 4 is 0 Å². The maximum absolute atomic E-state index is 11.1. The van der Waals surface area contributed by atoms with Crippen molar-refractivity contribution in [3.05, 3.63) is 0 Å². The second kappa shape index (κ2) is 13.5. The van der Waals surface area contributed by atoms with Crippen molar-refractivity contribution in [2.75, 3.05) is 13.2 Å². The molecule has 41 heavy (non-hydrogen) atoms. The van der Waals surface area contributed by atoms with Crippen LogP contribution in [0.1, 0.15) is 13.3 Å². The summed E-state index contributed by atoms with van der Waals surface area (Å²) in [4.78, 5) is 0. The van der Waals surface area contributed by atoms with E-state index >= 15 is 0 Å². The van der Waals surface area contributed by atoms with E-state index in [4.69, 9.17) is 51.4 Å². The summed E-state index contributed by atoms with van der Waals surface area (Å²) in [7, 11) is 0. The lowest BCUT2D eigenvalue weighted by Crippen LogP contribution is -2.66. The van der Waals surface area contributed by atoms with E-state index in [2.05, 4.69) is 0 Å². The van der Waals surface area contributed by atoms with Gasteiger partial charge in [0.15, 0.2) is 18.9 Å². The molecule has 1 aliphatic carbocycles. The van der Waals surface area contributed by atoms with Crippen LogP contribution in [-0.4, -0.2) is 170 Å². The molecule has 18 heteroatoms. The van der Waals surface area contributed by atoms with E-state index in [1.165, 1.54) is 6.92 Å². The molecule has 0 aromatic heterocycles. The van der Waals surface area contributed by atoms with E-state index in [1.54, 1.807) is 0 Å². The highest BCUT2D eigenvalue weighted by atomic mass is 16.8. The molecule has 3 saturated heterocycles. The Balaban J connectivity index is 1.49. The zero-order chi connectivity index (χ0) is 30.3. The molecule has 0 spiro atoms. The molecule has 0 aromatic rings. The van der Waals surface area contributed by atoms with E-state index < -0.39 is 123 Å². The molecular formula is C23H44N4O14. The highest BCUT2D eigenvalue weighted by Gasteiger charge is 2.54. The summed E-state index contributed by atoms with van der Waals surface area (Å²) >= 11 is 0. The topological polar surface area (TPSA) is 321 Å². The Morgan fingerprint density at radius 2 is 1.17 bits per heavy atom. The van der Waals surface area contributed by atoms with Gasteiger partial charge in [-0.1, -0.05) is 0 Å². The maximum Gasteiger partial charge on any atom is 0.187 e. The van der Waals surface area contributed by atoms with Gasteiger partial charge in [-0.2, -0.15) is 0 Å². The number of ether oxygens (including phenoxy) is 6. The fourth-order valence-corrected chi connectivity index (χ4v) is 5.58. The predicted octanol–water partition coefficient (Wildman–Crippen LogP) is -7.80. The van der Waals surface area contributed by atoms with Crippen molar-refractivity contribution < 1.29 is 69.3 Å². The minimum atomic E-state index is -1.63. The van der Waals surface area contributed by atoms with Crippen LogP contribution < -0.4 is 22.9 Å². The molecule has 0 amide bonds. The summed E-state index contributed by atoms with van der Waals surface area (Å²) in [6, 6.07) is -3.39. The minimum Gasteiger partial charge on any atom is -0.394 e.